The van der Waals surface area contributed by atoms with Crippen molar-refractivity contribution in [3.05, 3.63) is 55.3 Å². The third-order valence-electron chi connectivity index (χ3n) is 11.6. The van der Waals surface area contributed by atoms with Gasteiger partial charge in [-0.2, -0.15) is 0 Å². The van der Waals surface area contributed by atoms with Gasteiger partial charge < -0.3 is 82.5 Å². The molecule has 2 aliphatic rings. The van der Waals surface area contributed by atoms with E-state index in [1.165, 1.54) is 12.1 Å². The molecule has 2 heterocycles. The summed E-state index contributed by atoms with van der Waals surface area (Å²) in [5, 5.41) is 109. The number of rotatable bonds is 35. The Morgan fingerprint density at radius 3 is 1.40 bits per heavy atom. The molecule has 0 saturated carbocycles. The lowest BCUT2D eigenvalue weighted by atomic mass is 10.0. The Bertz CT molecular complexity index is 3050. The average Bonchev–Trinajstić information content (AvgIpc) is 3.59. The molecule has 0 aromatic carbocycles. The number of aromatic amines is 2. The monoisotopic (exact) mass is 1180 g/mol. The Morgan fingerprint density at radius 2 is 0.988 bits per heavy atom. The standard InChI is InChI=1S/C44H57N8O28P/c1-17(80-81(77,78)79-16-27(54)33(61)34(62)38(65)52-26-15-19(53)3-2-18(26)14-20-35(52)50-44(76)51-37(20)64)36(63)49-25(43(74)75)7-12-31(58)47-23(41(70)71)5-10-29(56)45-21(39(66)67)4-9-28(55)46-22(40(68)69)6-11-30(57)48-24(42(72)73)8-13-32(59)60/h2-3,14-15,17,21-25,27,33-34,38,54,61-62,65H,4-13,16H2,1H3,(H,45,56)(H,46,55)(H,47,58)(H,48,57)(H,49,63)(H,59,60)(H,66,67)(H,68,69)(H,70,71)(H,72,73)(H,74,75)(H,77,78)(H2,50,51,64,76)/t17-,21-,22-,23-,24-,25-,27-,33-,34-,38-/m0/s1. The molecule has 1 aliphatic carbocycles. The van der Waals surface area contributed by atoms with Crippen LogP contribution in [-0.2, 0) is 66.4 Å². The predicted molar refractivity (Wildman–Crippen MR) is 263 cm³/mol. The highest BCUT2D eigenvalue weighted by molar-refractivity contribution is 7.47. The van der Waals surface area contributed by atoms with E-state index in [0.717, 1.165) is 19.1 Å². The highest BCUT2D eigenvalue weighted by atomic mass is 31.2. The summed E-state index contributed by atoms with van der Waals surface area (Å²) in [7, 11) is -5.45. The van der Waals surface area contributed by atoms with E-state index in [2.05, 4.69) is 14.0 Å². The van der Waals surface area contributed by atoms with Crippen LogP contribution in [0, 0.1) is 0 Å². The summed E-state index contributed by atoms with van der Waals surface area (Å²) in [6, 6.07) is -4.49. The number of hydrogen-bond donors (Lipinski definition) is 18. The van der Waals surface area contributed by atoms with E-state index >= 15 is 0 Å². The van der Waals surface area contributed by atoms with Gasteiger partial charge in [-0.1, -0.05) is 0 Å². The van der Waals surface area contributed by atoms with Crippen LogP contribution in [0.3, 0.4) is 0 Å². The fourth-order valence-corrected chi connectivity index (χ4v) is 8.23. The van der Waals surface area contributed by atoms with E-state index in [1.807, 2.05) is 31.6 Å². The number of phosphoric acid groups is 1. The number of hydrogen-bond acceptors (Lipinski definition) is 21. The lowest BCUT2D eigenvalue weighted by Gasteiger charge is -2.30. The molecule has 81 heavy (non-hydrogen) atoms. The van der Waals surface area contributed by atoms with E-state index in [9.17, 15) is 123 Å². The Labute approximate surface area is 452 Å². The van der Waals surface area contributed by atoms with Gasteiger partial charge in [-0.25, -0.2) is 33.3 Å². The summed E-state index contributed by atoms with van der Waals surface area (Å²) in [6.45, 7) is -0.553. The Balaban J connectivity index is 1.49. The van der Waals surface area contributed by atoms with Crippen LogP contribution in [0.5, 0.6) is 0 Å². The molecule has 1 aromatic rings. The lowest BCUT2D eigenvalue weighted by molar-refractivity contribution is -0.144. The van der Waals surface area contributed by atoms with Crippen LogP contribution in [0.15, 0.2) is 38.6 Å². The molecule has 5 amide bonds. The molecule has 0 radical (unpaired) electrons. The first-order valence-corrected chi connectivity index (χ1v) is 25.2. The smallest absolute Gasteiger partial charge is 0.473 e. The van der Waals surface area contributed by atoms with Gasteiger partial charge in [0.2, 0.25) is 29.5 Å². The number of carboxylic acids is 6. The number of fused-ring (bicyclic) bond motifs is 2. The molecule has 1 unspecified atom stereocenters. The van der Waals surface area contributed by atoms with Crippen LogP contribution in [0.25, 0.3) is 22.3 Å². The summed E-state index contributed by atoms with van der Waals surface area (Å²) in [5.74, 6) is -15.5. The van der Waals surface area contributed by atoms with Crippen molar-refractivity contribution in [1.82, 2.24) is 41.1 Å². The minimum Gasteiger partial charge on any atom is -0.481 e. The number of aliphatic hydroxyl groups is 4. The van der Waals surface area contributed by atoms with Gasteiger partial charge in [0, 0.05) is 38.2 Å². The zero-order valence-electron chi connectivity index (χ0n) is 42.1. The molecule has 36 nitrogen and oxygen atoms in total. The number of benzene rings is 1. The quantitative estimate of drug-likeness (QED) is 0.0193. The summed E-state index contributed by atoms with van der Waals surface area (Å²) < 4.78 is 22.7. The van der Waals surface area contributed by atoms with Gasteiger partial charge in [0.05, 0.1) is 17.7 Å². The third kappa shape index (κ3) is 20.9. The molecular weight excluding hydrogens is 1120 g/mol. The van der Waals surface area contributed by atoms with E-state index in [0.29, 0.717) is 4.57 Å². The number of carbonyl (C=O) groups excluding carboxylic acids is 5. The summed E-state index contributed by atoms with van der Waals surface area (Å²) in [4.78, 5) is 184. The van der Waals surface area contributed by atoms with E-state index in [-0.39, 0.29) is 16.6 Å². The normalized spacial score (nSPS) is 15.8. The van der Waals surface area contributed by atoms with Crippen LogP contribution in [0.1, 0.15) is 77.4 Å². The number of phosphoric ester groups is 1. The number of pyridine rings is 1. The van der Waals surface area contributed by atoms with Crippen molar-refractivity contribution >= 4 is 84.2 Å². The second-order valence-corrected chi connectivity index (χ2v) is 19.1. The van der Waals surface area contributed by atoms with Gasteiger partial charge in [0.25, 0.3) is 5.56 Å². The Hall–Kier alpha value is -8.51. The minimum absolute atomic E-state index is 0.126. The number of carbonyl (C=O) groups is 11. The van der Waals surface area contributed by atoms with Crippen molar-refractivity contribution in [3.8, 4) is 11.3 Å². The van der Waals surface area contributed by atoms with Crippen LogP contribution in [0.2, 0.25) is 0 Å². The van der Waals surface area contributed by atoms with Crippen molar-refractivity contribution < 1.29 is 122 Å². The SMILES string of the molecule is C[C@H](OP(=O)(O)OC[C@H](O)[C@H](O)[C@H](O)[C@H](O)n1c2cc(=O)ccc-2cc2c(=O)[nH]c(=O)[nH]c21)C(=O)N[C@@H](CCC(=O)N[C@@H](CCC(=O)N[C@@H](CCC(=O)N[C@@H](CCC(=O)N[C@@H](CCC(=O)O)C(=O)O)C(=O)O)C(=O)O)C(=O)O)C(=O)O. The maximum absolute atomic E-state index is 12.8. The van der Waals surface area contributed by atoms with Gasteiger partial charge in [0.1, 0.15) is 60.3 Å². The molecule has 0 spiro atoms. The second kappa shape index (κ2) is 30.2. The van der Waals surface area contributed by atoms with Crippen molar-refractivity contribution in [1.29, 1.82) is 0 Å². The van der Waals surface area contributed by atoms with Crippen LogP contribution in [0.4, 0.5) is 0 Å². The number of aliphatic carboxylic acids is 6. The molecule has 1 aromatic heterocycles. The molecule has 0 fully saturated rings. The third-order valence-corrected chi connectivity index (χ3v) is 12.6. The molecule has 446 valence electrons. The maximum atomic E-state index is 12.8. The second-order valence-electron chi connectivity index (χ2n) is 17.7. The number of aromatic nitrogens is 3. The molecule has 18 N–H and O–H groups in total. The first-order valence-electron chi connectivity index (χ1n) is 23.7. The van der Waals surface area contributed by atoms with Crippen LogP contribution < -0.4 is 43.3 Å². The fourth-order valence-electron chi connectivity index (χ4n) is 7.33. The Morgan fingerprint density at radius 1 is 0.580 bits per heavy atom. The Kier molecular flexibility index (Phi) is 24.9. The zero-order valence-corrected chi connectivity index (χ0v) is 43.0. The van der Waals surface area contributed by atoms with Gasteiger partial charge in [-0.05, 0) is 62.8 Å². The number of nitrogens with zero attached hydrogens (tertiary/aromatic N) is 1. The molecule has 0 bridgehead atoms. The van der Waals surface area contributed by atoms with Crippen molar-refractivity contribution in [3.63, 3.8) is 0 Å². The number of carboxylic acid groups (broad SMARTS) is 6. The van der Waals surface area contributed by atoms with Gasteiger partial charge in [0.15, 0.2) is 11.7 Å². The van der Waals surface area contributed by atoms with E-state index in [4.69, 9.17) is 5.11 Å². The first kappa shape index (κ1) is 66.8. The summed E-state index contributed by atoms with van der Waals surface area (Å²) in [6.07, 6.45) is -18.5. The predicted octanol–water partition coefficient (Wildman–Crippen LogP) is -5.59. The van der Waals surface area contributed by atoms with Gasteiger partial charge in [-0.3, -0.25) is 61.9 Å². The van der Waals surface area contributed by atoms with Crippen molar-refractivity contribution in [2.24, 2.45) is 0 Å². The number of amides is 5. The van der Waals surface area contributed by atoms with Gasteiger partial charge in [-0.15, -0.1) is 0 Å². The molecule has 11 atom stereocenters. The van der Waals surface area contributed by atoms with Crippen LogP contribution >= 0.6 is 7.82 Å². The molecule has 0 saturated heterocycles. The highest BCUT2D eigenvalue weighted by Crippen LogP contribution is 2.45. The summed E-state index contributed by atoms with van der Waals surface area (Å²) >= 11 is 0. The minimum atomic E-state index is -5.45. The molecule has 1 aliphatic heterocycles. The van der Waals surface area contributed by atoms with Gasteiger partial charge >= 0.3 is 49.3 Å². The van der Waals surface area contributed by atoms with E-state index in [1.54, 1.807) is 0 Å². The lowest BCUT2D eigenvalue weighted by Crippen LogP contribution is -2.47. The van der Waals surface area contributed by atoms with Crippen LogP contribution in [-0.4, -0.2) is 197 Å². The molecule has 3 rings (SSSR count). The largest absolute Gasteiger partial charge is 0.481 e. The topological polar surface area (TPSA) is 594 Å². The number of nitrogens with one attached hydrogen (secondary N) is 7. The highest BCUT2D eigenvalue weighted by Gasteiger charge is 2.37. The van der Waals surface area contributed by atoms with Crippen molar-refractivity contribution in [2.75, 3.05) is 6.61 Å². The average molecular weight is 1180 g/mol. The summed E-state index contributed by atoms with van der Waals surface area (Å²) in [5.41, 5.74) is -3.16. The number of H-pyrrole nitrogens is 2. The van der Waals surface area contributed by atoms with E-state index < -0.39 is 227 Å². The zero-order chi connectivity index (χ0) is 61.2. The fraction of sp³-hybridized carbons (Fsp3) is 0.500. The maximum Gasteiger partial charge on any atom is 0.473 e. The number of aliphatic hydroxyl groups excluding tert-OH is 4. The molecule has 37 heteroatoms. The van der Waals surface area contributed by atoms with Crippen molar-refractivity contribution in [2.45, 2.75) is 132 Å². The molecular formula is C44H57N8O28P. The first-order chi connectivity index (χ1) is 37.7.